The number of rotatable bonds is 9. The van der Waals surface area contributed by atoms with Crippen LogP contribution in [0, 0.1) is 0 Å². The second-order valence-corrected chi connectivity index (χ2v) is 4.49. The molecule has 0 saturated heterocycles. The van der Waals surface area contributed by atoms with Crippen molar-refractivity contribution in [3.8, 4) is 0 Å². The van der Waals surface area contributed by atoms with Crippen LogP contribution in [0.1, 0.15) is 36.9 Å². The van der Waals surface area contributed by atoms with E-state index in [1.165, 1.54) is 17.5 Å². The molecule has 1 rings (SSSR count). The molecule has 1 unspecified atom stereocenters. The van der Waals surface area contributed by atoms with Crippen molar-refractivity contribution in [3.63, 3.8) is 0 Å². The largest absolute Gasteiger partial charge is 0.382 e. The summed E-state index contributed by atoms with van der Waals surface area (Å²) in [6.07, 6.45) is 3.16. The highest BCUT2D eigenvalue weighted by Crippen LogP contribution is 2.15. The lowest BCUT2D eigenvalue weighted by atomic mass is 10.0. The van der Waals surface area contributed by atoms with Gasteiger partial charge in [0.15, 0.2) is 0 Å². The first kappa shape index (κ1) is 15.2. The molecule has 0 amide bonds. The SMILES string of the molecule is CCCc1ccc(C(N)CCOCCOC)cc1. The number of ether oxygens (including phenoxy) is 2. The van der Waals surface area contributed by atoms with E-state index in [4.69, 9.17) is 15.2 Å². The van der Waals surface area contributed by atoms with Crippen LogP contribution in [0.5, 0.6) is 0 Å². The smallest absolute Gasteiger partial charge is 0.0700 e. The fourth-order valence-corrected chi connectivity index (χ4v) is 1.84. The van der Waals surface area contributed by atoms with Crippen molar-refractivity contribution in [1.82, 2.24) is 0 Å². The topological polar surface area (TPSA) is 44.5 Å². The highest BCUT2D eigenvalue weighted by molar-refractivity contribution is 5.24. The summed E-state index contributed by atoms with van der Waals surface area (Å²) >= 11 is 0. The van der Waals surface area contributed by atoms with Crippen LogP contribution in [0.15, 0.2) is 24.3 Å². The number of hydrogen-bond acceptors (Lipinski definition) is 3. The van der Waals surface area contributed by atoms with Crippen LogP contribution in [0.2, 0.25) is 0 Å². The highest BCUT2D eigenvalue weighted by atomic mass is 16.5. The van der Waals surface area contributed by atoms with E-state index < -0.39 is 0 Å². The van der Waals surface area contributed by atoms with Crippen molar-refractivity contribution < 1.29 is 9.47 Å². The van der Waals surface area contributed by atoms with Gasteiger partial charge in [0.05, 0.1) is 13.2 Å². The third-order valence-electron chi connectivity index (χ3n) is 2.95. The molecule has 0 radical (unpaired) electrons. The Morgan fingerprint density at radius 1 is 1.11 bits per heavy atom. The van der Waals surface area contributed by atoms with E-state index in [9.17, 15) is 0 Å². The molecule has 0 aromatic heterocycles. The van der Waals surface area contributed by atoms with Gasteiger partial charge in [-0.3, -0.25) is 0 Å². The predicted octanol–water partition coefficient (Wildman–Crippen LogP) is 2.69. The quantitative estimate of drug-likeness (QED) is 0.686. The first-order chi connectivity index (χ1) is 8.77. The first-order valence-electron chi connectivity index (χ1n) is 6.69. The van der Waals surface area contributed by atoms with Crippen molar-refractivity contribution in [2.75, 3.05) is 26.9 Å². The van der Waals surface area contributed by atoms with Gasteiger partial charge in [-0.25, -0.2) is 0 Å². The predicted molar refractivity (Wildman–Crippen MR) is 74.7 cm³/mol. The maximum atomic E-state index is 6.12. The summed E-state index contributed by atoms with van der Waals surface area (Å²) in [6, 6.07) is 8.66. The minimum atomic E-state index is 0.0585. The molecule has 0 heterocycles. The van der Waals surface area contributed by atoms with Crippen molar-refractivity contribution in [2.24, 2.45) is 5.73 Å². The summed E-state index contributed by atoms with van der Waals surface area (Å²) < 4.78 is 10.3. The number of aryl methyl sites for hydroxylation is 1. The maximum Gasteiger partial charge on any atom is 0.0700 e. The molecule has 102 valence electrons. The average molecular weight is 251 g/mol. The summed E-state index contributed by atoms with van der Waals surface area (Å²) in [6.45, 7) is 4.15. The van der Waals surface area contributed by atoms with Crippen molar-refractivity contribution in [1.29, 1.82) is 0 Å². The van der Waals surface area contributed by atoms with Crippen LogP contribution in [-0.2, 0) is 15.9 Å². The van der Waals surface area contributed by atoms with Gasteiger partial charge in [0.25, 0.3) is 0 Å². The Morgan fingerprint density at radius 2 is 1.83 bits per heavy atom. The zero-order valence-corrected chi connectivity index (χ0v) is 11.5. The fraction of sp³-hybridized carbons (Fsp3) is 0.600. The van der Waals surface area contributed by atoms with Gasteiger partial charge in [-0.1, -0.05) is 37.6 Å². The molecule has 18 heavy (non-hydrogen) atoms. The zero-order chi connectivity index (χ0) is 13.2. The lowest BCUT2D eigenvalue weighted by Crippen LogP contribution is -2.14. The van der Waals surface area contributed by atoms with Crippen molar-refractivity contribution in [3.05, 3.63) is 35.4 Å². The Labute approximate surface area is 110 Å². The minimum Gasteiger partial charge on any atom is -0.382 e. The monoisotopic (exact) mass is 251 g/mol. The van der Waals surface area contributed by atoms with E-state index >= 15 is 0 Å². The molecule has 0 bridgehead atoms. The molecule has 0 fully saturated rings. The van der Waals surface area contributed by atoms with Crippen LogP contribution in [0.4, 0.5) is 0 Å². The van der Waals surface area contributed by atoms with Crippen LogP contribution in [0.3, 0.4) is 0 Å². The first-order valence-corrected chi connectivity index (χ1v) is 6.69. The highest BCUT2D eigenvalue weighted by Gasteiger charge is 2.05. The standard InChI is InChI=1S/C15H25NO2/c1-3-4-13-5-7-14(8-6-13)15(16)9-10-18-12-11-17-2/h5-8,15H,3-4,9-12,16H2,1-2H3. The lowest BCUT2D eigenvalue weighted by molar-refractivity contribution is 0.0672. The maximum absolute atomic E-state index is 6.12. The van der Waals surface area contributed by atoms with Crippen LogP contribution < -0.4 is 5.73 Å². The van der Waals surface area contributed by atoms with Gasteiger partial charge in [0.2, 0.25) is 0 Å². The van der Waals surface area contributed by atoms with Gasteiger partial charge in [-0.2, -0.15) is 0 Å². The fourth-order valence-electron chi connectivity index (χ4n) is 1.84. The third kappa shape index (κ3) is 5.63. The van der Waals surface area contributed by atoms with E-state index in [2.05, 4.69) is 31.2 Å². The number of benzene rings is 1. The molecular formula is C15H25NO2. The Bertz CT molecular complexity index is 311. The molecule has 1 aromatic rings. The molecule has 0 aliphatic carbocycles. The molecule has 3 heteroatoms. The second kappa shape index (κ2) is 9.09. The molecule has 1 atom stereocenters. The summed E-state index contributed by atoms with van der Waals surface area (Å²) in [5.41, 5.74) is 8.69. The molecule has 0 saturated carbocycles. The Kier molecular flexibility index (Phi) is 7.65. The second-order valence-electron chi connectivity index (χ2n) is 4.49. The number of methoxy groups -OCH3 is 1. The summed E-state index contributed by atoms with van der Waals surface area (Å²) in [5.74, 6) is 0. The Balaban J connectivity index is 2.30. The minimum absolute atomic E-state index is 0.0585. The molecule has 0 aliphatic heterocycles. The molecule has 0 spiro atoms. The molecule has 0 aliphatic rings. The van der Waals surface area contributed by atoms with Gasteiger partial charge in [-0.15, -0.1) is 0 Å². The Morgan fingerprint density at radius 3 is 2.44 bits per heavy atom. The van der Waals surface area contributed by atoms with E-state index in [-0.39, 0.29) is 6.04 Å². The van der Waals surface area contributed by atoms with Gasteiger partial charge in [0.1, 0.15) is 0 Å². The van der Waals surface area contributed by atoms with Crippen molar-refractivity contribution in [2.45, 2.75) is 32.2 Å². The van der Waals surface area contributed by atoms with Gasteiger partial charge in [0, 0.05) is 19.8 Å². The van der Waals surface area contributed by atoms with Crippen LogP contribution >= 0.6 is 0 Å². The number of nitrogens with two attached hydrogens (primary N) is 1. The van der Waals surface area contributed by atoms with E-state index in [1.807, 2.05) is 0 Å². The van der Waals surface area contributed by atoms with Gasteiger partial charge >= 0.3 is 0 Å². The molecule has 1 aromatic carbocycles. The van der Waals surface area contributed by atoms with E-state index in [0.717, 1.165) is 12.8 Å². The van der Waals surface area contributed by atoms with Gasteiger partial charge in [-0.05, 0) is 24.0 Å². The van der Waals surface area contributed by atoms with E-state index in [0.29, 0.717) is 19.8 Å². The normalized spacial score (nSPS) is 12.6. The lowest BCUT2D eigenvalue weighted by Gasteiger charge is -2.13. The van der Waals surface area contributed by atoms with E-state index in [1.54, 1.807) is 7.11 Å². The zero-order valence-electron chi connectivity index (χ0n) is 11.5. The summed E-state index contributed by atoms with van der Waals surface area (Å²) in [7, 11) is 1.67. The summed E-state index contributed by atoms with van der Waals surface area (Å²) in [4.78, 5) is 0. The summed E-state index contributed by atoms with van der Waals surface area (Å²) in [5, 5.41) is 0. The van der Waals surface area contributed by atoms with Crippen LogP contribution in [0.25, 0.3) is 0 Å². The molecule has 3 nitrogen and oxygen atoms in total. The van der Waals surface area contributed by atoms with Gasteiger partial charge < -0.3 is 15.2 Å². The van der Waals surface area contributed by atoms with Crippen LogP contribution in [-0.4, -0.2) is 26.9 Å². The van der Waals surface area contributed by atoms with Crippen molar-refractivity contribution >= 4 is 0 Å². The average Bonchev–Trinajstić information content (AvgIpc) is 2.39. The third-order valence-corrected chi connectivity index (χ3v) is 2.95. The Hall–Kier alpha value is -0.900. The number of hydrogen-bond donors (Lipinski definition) is 1. The molecule has 2 N–H and O–H groups in total. The molecular weight excluding hydrogens is 226 g/mol.